The molecular formula is C19H20BrF3N8O2. The van der Waals surface area contributed by atoms with Crippen LogP contribution in [0.15, 0.2) is 33.9 Å². The minimum atomic E-state index is -4.47. The fourth-order valence-corrected chi connectivity index (χ4v) is 3.64. The van der Waals surface area contributed by atoms with E-state index >= 15 is 0 Å². The summed E-state index contributed by atoms with van der Waals surface area (Å²) >= 11 is 3.22. The van der Waals surface area contributed by atoms with Crippen molar-refractivity contribution < 1.29 is 17.9 Å². The van der Waals surface area contributed by atoms with Crippen LogP contribution in [0.5, 0.6) is 0 Å². The lowest BCUT2D eigenvalue weighted by Crippen LogP contribution is -2.35. The molecule has 176 valence electrons. The highest BCUT2D eigenvalue weighted by atomic mass is 79.9. The van der Waals surface area contributed by atoms with Crippen molar-refractivity contribution in [2.45, 2.75) is 38.8 Å². The smallest absolute Gasteiger partial charge is 0.378 e. The highest BCUT2D eigenvalue weighted by molar-refractivity contribution is 9.10. The van der Waals surface area contributed by atoms with Gasteiger partial charge in [-0.25, -0.2) is 15.1 Å². The van der Waals surface area contributed by atoms with Crippen LogP contribution in [0.3, 0.4) is 0 Å². The van der Waals surface area contributed by atoms with E-state index in [1.165, 1.54) is 6.20 Å². The third kappa shape index (κ3) is 5.50. The van der Waals surface area contributed by atoms with E-state index in [-0.39, 0.29) is 24.2 Å². The highest BCUT2D eigenvalue weighted by Crippen LogP contribution is 2.29. The van der Waals surface area contributed by atoms with E-state index in [2.05, 4.69) is 46.5 Å². The van der Waals surface area contributed by atoms with E-state index in [1.807, 2.05) is 17.7 Å². The van der Waals surface area contributed by atoms with Gasteiger partial charge in [-0.3, -0.25) is 9.48 Å². The summed E-state index contributed by atoms with van der Waals surface area (Å²) in [7, 11) is 0. The van der Waals surface area contributed by atoms with Gasteiger partial charge in [0.15, 0.2) is 0 Å². The number of aromatic amines is 1. The molecule has 4 heterocycles. The number of fused-ring (bicyclic) bond motifs is 1. The molecule has 0 aromatic carbocycles. The summed E-state index contributed by atoms with van der Waals surface area (Å²) in [6.07, 6.45) is -1.36. The van der Waals surface area contributed by atoms with Crippen molar-refractivity contribution in [3.63, 3.8) is 0 Å². The third-order valence-corrected chi connectivity index (χ3v) is 5.70. The molecule has 3 aromatic rings. The van der Waals surface area contributed by atoms with Crippen LogP contribution in [0.25, 0.3) is 0 Å². The lowest BCUT2D eigenvalue weighted by molar-refractivity contribution is -0.138. The molecule has 10 nitrogen and oxygen atoms in total. The molecule has 0 unspecified atom stereocenters. The molecule has 3 aromatic heterocycles. The van der Waals surface area contributed by atoms with Crippen LogP contribution in [0.1, 0.15) is 23.9 Å². The maximum atomic E-state index is 12.7. The Bertz CT molecular complexity index is 1170. The number of aromatic nitrogens is 6. The molecule has 0 radical (unpaired) electrons. The lowest BCUT2D eigenvalue weighted by atomic mass is 10.3. The Balaban J connectivity index is 1.30. The number of rotatable bonds is 7. The summed E-state index contributed by atoms with van der Waals surface area (Å²) in [6.45, 7) is 4.08. The van der Waals surface area contributed by atoms with Crippen molar-refractivity contribution in [1.82, 2.24) is 29.9 Å². The maximum absolute atomic E-state index is 12.7. The number of ether oxygens (including phenoxy) is 1. The highest BCUT2D eigenvalue weighted by Gasteiger charge is 2.32. The predicted molar refractivity (Wildman–Crippen MR) is 116 cm³/mol. The van der Waals surface area contributed by atoms with Crippen molar-refractivity contribution in [1.29, 1.82) is 0 Å². The minimum Gasteiger partial charge on any atom is -0.378 e. The van der Waals surface area contributed by atoms with Crippen LogP contribution in [0.2, 0.25) is 0 Å². The van der Waals surface area contributed by atoms with Crippen LogP contribution < -0.4 is 15.8 Å². The van der Waals surface area contributed by atoms with Gasteiger partial charge >= 0.3 is 6.18 Å². The molecule has 1 aliphatic heterocycles. The van der Waals surface area contributed by atoms with Crippen molar-refractivity contribution in [2.75, 3.05) is 23.4 Å². The summed E-state index contributed by atoms with van der Waals surface area (Å²) < 4.78 is 46.1. The van der Waals surface area contributed by atoms with E-state index < -0.39 is 11.7 Å². The Labute approximate surface area is 194 Å². The first-order valence-corrected chi connectivity index (χ1v) is 10.8. The van der Waals surface area contributed by atoms with E-state index in [4.69, 9.17) is 4.74 Å². The first-order chi connectivity index (χ1) is 15.7. The average Bonchev–Trinajstić information content (AvgIpc) is 3.18. The number of hydrogen-bond acceptors (Lipinski definition) is 8. The summed E-state index contributed by atoms with van der Waals surface area (Å²) in [4.78, 5) is 21.1. The molecular weight excluding hydrogens is 509 g/mol. The Kier molecular flexibility index (Phi) is 6.65. The zero-order valence-electron chi connectivity index (χ0n) is 17.4. The normalized spacial score (nSPS) is 14.8. The Hall–Kier alpha value is -3.00. The van der Waals surface area contributed by atoms with Gasteiger partial charge in [0.2, 0.25) is 5.95 Å². The van der Waals surface area contributed by atoms with Gasteiger partial charge < -0.3 is 15.0 Å². The van der Waals surface area contributed by atoms with E-state index in [9.17, 15) is 18.0 Å². The van der Waals surface area contributed by atoms with E-state index in [0.717, 1.165) is 23.8 Å². The molecule has 0 saturated carbocycles. The molecule has 0 aliphatic carbocycles. The molecule has 0 fully saturated rings. The lowest BCUT2D eigenvalue weighted by Gasteiger charge is -2.27. The number of anilines is 2. The number of halogens is 4. The number of alkyl halides is 3. The largest absolute Gasteiger partial charge is 0.419 e. The molecule has 1 atom stereocenters. The molecule has 1 aliphatic rings. The molecule has 14 heteroatoms. The summed E-state index contributed by atoms with van der Waals surface area (Å²) in [5, 5.41) is 13.8. The van der Waals surface area contributed by atoms with E-state index in [0.29, 0.717) is 36.4 Å². The molecule has 0 saturated heterocycles. The molecule has 0 spiro atoms. The Morgan fingerprint density at radius 2 is 2.03 bits per heavy atom. The summed E-state index contributed by atoms with van der Waals surface area (Å²) in [5.74, 6) is 0.244. The number of nitrogens with one attached hydrogen (secondary N) is 2. The van der Waals surface area contributed by atoms with Crippen molar-refractivity contribution >= 4 is 27.6 Å². The van der Waals surface area contributed by atoms with Gasteiger partial charge in [-0.05, 0) is 28.9 Å². The Morgan fingerprint density at radius 3 is 2.76 bits per heavy atom. The van der Waals surface area contributed by atoms with Crippen molar-refractivity contribution in [3.05, 3.63) is 56.4 Å². The molecule has 4 rings (SSSR count). The van der Waals surface area contributed by atoms with Gasteiger partial charge in [0, 0.05) is 25.0 Å². The number of nitrogens with zero attached hydrogens (tertiary/aromatic N) is 6. The fourth-order valence-electron chi connectivity index (χ4n) is 3.33. The fraction of sp³-hybridized carbons (Fsp3) is 0.421. The monoisotopic (exact) mass is 528 g/mol. The van der Waals surface area contributed by atoms with Crippen LogP contribution in [-0.2, 0) is 30.6 Å². The maximum Gasteiger partial charge on any atom is 0.419 e. The summed E-state index contributed by atoms with van der Waals surface area (Å²) in [5.41, 5.74) is 1.00. The minimum absolute atomic E-state index is 0.0885. The quantitative estimate of drug-likeness (QED) is 0.481. The van der Waals surface area contributed by atoms with Crippen LogP contribution >= 0.6 is 15.9 Å². The van der Waals surface area contributed by atoms with Crippen LogP contribution in [0.4, 0.5) is 24.8 Å². The van der Waals surface area contributed by atoms with Gasteiger partial charge in [0.05, 0.1) is 55.1 Å². The van der Waals surface area contributed by atoms with E-state index in [1.54, 1.807) is 4.90 Å². The second-order valence-electron chi connectivity index (χ2n) is 7.53. The van der Waals surface area contributed by atoms with Crippen molar-refractivity contribution in [3.8, 4) is 0 Å². The first-order valence-electron chi connectivity index (χ1n) is 9.98. The second-order valence-corrected chi connectivity index (χ2v) is 8.32. The zero-order chi connectivity index (χ0) is 23.6. The molecule has 0 amide bonds. The topological polar surface area (TPSA) is 114 Å². The second kappa shape index (κ2) is 9.47. The van der Waals surface area contributed by atoms with Gasteiger partial charge in [-0.1, -0.05) is 0 Å². The van der Waals surface area contributed by atoms with Gasteiger partial charge in [0.25, 0.3) is 5.56 Å². The van der Waals surface area contributed by atoms with Gasteiger partial charge in [0.1, 0.15) is 4.47 Å². The molecule has 0 bridgehead atoms. The average molecular weight is 529 g/mol. The third-order valence-electron chi connectivity index (χ3n) is 4.91. The predicted octanol–water partition coefficient (Wildman–Crippen LogP) is 2.58. The SMILES string of the molecule is C[C@@H](COCc1cc2n(n1)CCN(c1ncc(C(F)(F)F)cn1)C2)Nc1cn[nH]c(=O)c1Br. The Morgan fingerprint density at radius 1 is 1.27 bits per heavy atom. The van der Waals surface area contributed by atoms with Crippen LogP contribution in [0, 0.1) is 0 Å². The van der Waals surface area contributed by atoms with Gasteiger partial charge in [-0.15, -0.1) is 0 Å². The van der Waals surface area contributed by atoms with Crippen molar-refractivity contribution in [2.24, 2.45) is 0 Å². The van der Waals surface area contributed by atoms with Crippen LogP contribution in [-0.4, -0.2) is 49.1 Å². The standard InChI is InChI=1S/C19H20BrF3N8O2/c1-11(27-15-7-26-28-17(32)16(15)20)9-33-10-13-4-14-8-30(2-3-31(14)29-13)18-24-5-12(6-25-18)19(21,22)23/h4-7,11H,2-3,8-10H2,1H3,(H2,27,28,32)/t11-/m0/s1. The van der Waals surface area contributed by atoms with Gasteiger partial charge in [-0.2, -0.15) is 23.4 Å². The molecule has 33 heavy (non-hydrogen) atoms. The first kappa shape index (κ1) is 23.2. The number of hydrogen-bond donors (Lipinski definition) is 2. The summed E-state index contributed by atoms with van der Waals surface area (Å²) in [6, 6.07) is 1.81. The molecule has 2 N–H and O–H groups in total. The zero-order valence-corrected chi connectivity index (χ0v) is 19.0. The number of H-pyrrole nitrogens is 1.